The summed E-state index contributed by atoms with van der Waals surface area (Å²) in [6.45, 7) is 5.87. The molecule has 0 spiro atoms. The molecule has 17 heavy (non-hydrogen) atoms. The van der Waals surface area contributed by atoms with Crippen LogP contribution in [-0.4, -0.2) is 36.7 Å². The Hall–Kier alpha value is -1.21. The lowest BCUT2D eigenvalue weighted by molar-refractivity contribution is 0.476. The molecule has 0 unspecified atom stereocenters. The predicted molar refractivity (Wildman–Crippen MR) is 67.3 cm³/mol. The summed E-state index contributed by atoms with van der Waals surface area (Å²) in [6, 6.07) is 0. The number of anilines is 1. The minimum absolute atomic E-state index is 0.429. The van der Waals surface area contributed by atoms with Crippen LogP contribution in [0.2, 0.25) is 0 Å². The number of nitrogens with one attached hydrogen (secondary N) is 2. The van der Waals surface area contributed by atoms with Gasteiger partial charge in [-0.25, -0.2) is 18.1 Å². The maximum atomic E-state index is 11.1. The van der Waals surface area contributed by atoms with Gasteiger partial charge in [0.2, 0.25) is 10.0 Å². The Labute approximate surface area is 102 Å². The first-order chi connectivity index (χ1) is 7.68. The highest BCUT2D eigenvalue weighted by Gasteiger charge is 2.21. The molecule has 1 rings (SSSR count). The van der Waals surface area contributed by atoms with Gasteiger partial charge in [0.15, 0.2) is 0 Å². The Bertz CT molecular complexity index is 485. The second-order valence-electron chi connectivity index (χ2n) is 4.66. The van der Waals surface area contributed by atoms with E-state index in [0.717, 1.165) is 11.9 Å². The summed E-state index contributed by atoms with van der Waals surface area (Å²) < 4.78 is 24.8. The molecule has 2 N–H and O–H groups in total. The third-order valence-corrected chi connectivity index (χ3v) is 2.85. The average Bonchev–Trinajstić information content (AvgIpc) is 2.11. The number of rotatable bonds is 5. The quantitative estimate of drug-likeness (QED) is 0.804. The minimum Gasteiger partial charge on any atom is -0.367 e. The summed E-state index contributed by atoms with van der Waals surface area (Å²) in [5, 5.41) is 3.05. The Kier molecular flexibility index (Phi) is 4.05. The largest absolute Gasteiger partial charge is 0.367 e. The Balaban J connectivity index is 2.61. The smallest absolute Gasteiger partial charge is 0.209 e. The molecular weight excluding hydrogens is 240 g/mol. The molecule has 1 aromatic rings. The lowest BCUT2D eigenvalue weighted by Gasteiger charge is -2.25. The van der Waals surface area contributed by atoms with Crippen LogP contribution in [0.25, 0.3) is 0 Å². The number of sulfonamides is 1. The van der Waals surface area contributed by atoms with Crippen molar-refractivity contribution in [1.82, 2.24) is 14.7 Å². The van der Waals surface area contributed by atoms with Crippen molar-refractivity contribution in [3.05, 3.63) is 18.1 Å². The SMILES string of the molecule is Cc1cncc(NCC(C)(C)NS(C)(=O)=O)n1. The fraction of sp³-hybridized carbons (Fsp3) is 0.600. The van der Waals surface area contributed by atoms with Gasteiger partial charge >= 0.3 is 0 Å². The molecule has 1 heterocycles. The van der Waals surface area contributed by atoms with Crippen LogP contribution >= 0.6 is 0 Å². The molecule has 0 amide bonds. The van der Waals surface area contributed by atoms with Crippen LogP contribution in [0.3, 0.4) is 0 Å². The molecule has 0 radical (unpaired) electrons. The summed E-state index contributed by atoms with van der Waals surface area (Å²) in [7, 11) is -3.22. The highest BCUT2D eigenvalue weighted by molar-refractivity contribution is 7.88. The first-order valence-corrected chi connectivity index (χ1v) is 7.09. The fourth-order valence-corrected chi connectivity index (χ4v) is 2.47. The lowest BCUT2D eigenvalue weighted by atomic mass is 10.1. The highest BCUT2D eigenvalue weighted by Crippen LogP contribution is 2.07. The van der Waals surface area contributed by atoms with Gasteiger partial charge in [0.25, 0.3) is 0 Å². The zero-order valence-corrected chi connectivity index (χ0v) is 11.3. The van der Waals surface area contributed by atoms with Crippen molar-refractivity contribution in [3.8, 4) is 0 Å². The molecule has 6 nitrogen and oxygen atoms in total. The molecule has 7 heteroatoms. The Morgan fingerprint density at radius 1 is 1.35 bits per heavy atom. The van der Waals surface area contributed by atoms with Crippen LogP contribution < -0.4 is 10.0 Å². The van der Waals surface area contributed by atoms with E-state index in [-0.39, 0.29) is 0 Å². The van der Waals surface area contributed by atoms with Gasteiger partial charge in [0, 0.05) is 18.3 Å². The standard InChI is InChI=1S/C10H18N4O2S/c1-8-5-11-6-9(13-8)12-7-10(2,3)14-17(4,15)16/h5-6,14H,7H2,1-4H3,(H,12,13). The summed E-state index contributed by atoms with van der Waals surface area (Å²) in [5.74, 6) is 0.633. The van der Waals surface area contributed by atoms with E-state index in [1.54, 1.807) is 26.2 Å². The van der Waals surface area contributed by atoms with Crippen molar-refractivity contribution < 1.29 is 8.42 Å². The van der Waals surface area contributed by atoms with E-state index in [2.05, 4.69) is 20.0 Å². The molecule has 0 aliphatic heterocycles. The second kappa shape index (κ2) is 4.97. The average molecular weight is 258 g/mol. The van der Waals surface area contributed by atoms with Crippen LogP contribution in [0.15, 0.2) is 12.4 Å². The Morgan fingerprint density at radius 2 is 2.00 bits per heavy atom. The van der Waals surface area contributed by atoms with E-state index in [1.165, 1.54) is 0 Å². The van der Waals surface area contributed by atoms with Gasteiger partial charge in [-0.1, -0.05) is 0 Å². The van der Waals surface area contributed by atoms with Gasteiger partial charge in [-0.3, -0.25) is 4.98 Å². The molecule has 1 aromatic heterocycles. The Morgan fingerprint density at radius 3 is 2.53 bits per heavy atom. The fourth-order valence-electron chi connectivity index (χ4n) is 1.40. The molecule has 0 aromatic carbocycles. The predicted octanol–water partition coefficient (Wildman–Crippen LogP) is 0.525. The van der Waals surface area contributed by atoms with E-state index in [0.29, 0.717) is 12.4 Å². The van der Waals surface area contributed by atoms with Crippen molar-refractivity contribution in [2.75, 3.05) is 18.1 Å². The van der Waals surface area contributed by atoms with Gasteiger partial charge in [0.1, 0.15) is 5.82 Å². The highest BCUT2D eigenvalue weighted by atomic mass is 32.2. The maximum absolute atomic E-state index is 11.1. The van der Waals surface area contributed by atoms with E-state index < -0.39 is 15.6 Å². The van der Waals surface area contributed by atoms with Crippen LogP contribution in [-0.2, 0) is 10.0 Å². The van der Waals surface area contributed by atoms with E-state index in [4.69, 9.17) is 0 Å². The zero-order chi connectivity index (χ0) is 13.1. The first kappa shape index (κ1) is 13.9. The van der Waals surface area contributed by atoms with Crippen LogP contribution in [0.1, 0.15) is 19.5 Å². The van der Waals surface area contributed by atoms with Crippen LogP contribution in [0.4, 0.5) is 5.82 Å². The van der Waals surface area contributed by atoms with Gasteiger partial charge in [0.05, 0.1) is 18.1 Å². The normalized spacial score (nSPS) is 12.5. The van der Waals surface area contributed by atoms with Gasteiger partial charge in [-0.2, -0.15) is 0 Å². The third-order valence-electron chi connectivity index (χ3n) is 1.93. The molecule has 96 valence electrons. The summed E-state index contributed by atoms with van der Waals surface area (Å²) in [6.07, 6.45) is 4.40. The topological polar surface area (TPSA) is 84.0 Å². The molecule has 0 atom stereocenters. The van der Waals surface area contributed by atoms with Crippen molar-refractivity contribution in [2.45, 2.75) is 26.3 Å². The molecule has 0 aliphatic carbocycles. The molecule has 0 saturated heterocycles. The van der Waals surface area contributed by atoms with E-state index >= 15 is 0 Å². The molecular formula is C10H18N4O2S. The summed E-state index contributed by atoms with van der Waals surface area (Å²) in [4.78, 5) is 8.22. The lowest BCUT2D eigenvalue weighted by Crippen LogP contribution is -2.47. The number of nitrogens with zero attached hydrogens (tertiary/aromatic N) is 2. The number of aryl methyl sites for hydroxylation is 1. The van der Waals surface area contributed by atoms with E-state index in [9.17, 15) is 8.42 Å². The van der Waals surface area contributed by atoms with Gasteiger partial charge in [-0.05, 0) is 20.8 Å². The summed E-state index contributed by atoms with van der Waals surface area (Å²) >= 11 is 0. The molecule has 0 fully saturated rings. The number of hydrogen-bond acceptors (Lipinski definition) is 5. The minimum atomic E-state index is -3.22. The van der Waals surface area contributed by atoms with Crippen LogP contribution in [0, 0.1) is 6.92 Å². The second-order valence-corrected chi connectivity index (χ2v) is 6.41. The van der Waals surface area contributed by atoms with Gasteiger partial charge < -0.3 is 5.32 Å². The van der Waals surface area contributed by atoms with Crippen molar-refractivity contribution >= 4 is 15.8 Å². The van der Waals surface area contributed by atoms with E-state index in [1.807, 2.05) is 6.92 Å². The van der Waals surface area contributed by atoms with Gasteiger partial charge in [-0.15, -0.1) is 0 Å². The first-order valence-electron chi connectivity index (χ1n) is 5.19. The maximum Gasteiger partial charge on any atom is 0.209 e. The van der Waals surface area contributed by atoms with Crippen molar-refractivity contribution in [2.24, 2.45) is 0 Å². The molecule has 0 saturated carbocycles. The molecule has 0 aliphatic rings. The third kappa shape index (κ3) is 5.60. The summed E-state index contributed by atoms with van der Waals surface area (Å²) in [5.41, 5.74) is 0.225. The monoisotopic (exact) mass is 258 g/mol. The van der Waals surface area contributed by atoms with Crippen molar-refractivity contribution in [3.63, 3.8) is 0 Å². The number of aromatic nitrogens is 2. The van der Waals surface area contributed by atoms with Crippen LogP contribution in [0.5, 0.6) is 0 Å². The number of hydrogen-bond donors (Lipinski definition) is 2. The zero-order valence-electron chi connectivity index (χ0n) is 10.5. The molecule has 0 bridgehead atoms. The van der Waals surface area contributed by atoms with Crippen molar-refractivity contribution in [1.29, 1.82) is 0 Å².